The van der Waals surface area contributed by atoms with Crippen molar-refractivity contribution >= 4 is 28.7 Å². The number of halogens is 1. The lowest BCUT2D eigenvalue weighted by Crippen LogP contribution is -2.20. The van der Waals surface area contributed by atoms with Crippen molar-refractivity contribution in [3.8, 4) is 0 Å². The van der Waals surface area contributed by atoms with Crippen LogP contribution in [-0.4, -0.2) is 6.04 Å². The van der Waals surface area contributed by atoms with E-state index < -0.39 is 0 Å². The van der Waals surface area contributed by atoms with Crippen LogP contribution in [0.3, 0.4) is 0 Å². The summed E-state index contributed by atoms with van der Waals surface area (Å²) in [7, 11) is 0. The zero-order valence-corrected chi connectivity index (χ0v) is 8.37. The van der Waals surface area contributed by atoms with E-state index in [1.807, 2.05) is 0 Å². The van der Waals surface area contributed by atoms with Crippen LogP contribution in [0, 0.1) is 3.57 Å². The number of nitrogens with zero attached hydrogens (tertiary/aromatic N) is 1. The van der Waals surface area contributed by atoms with Gasteiger partial charge in [0.25, 0.3) is 0 Å². The maximum Gasteiger partial charge on any atom is 0.0668 e. The number of hydrogen-bond acceptors (Lipinski definition) is 1. The van der Waals surface area contributed by atoms with E-state index in [9.17, 15) is 0 Å². The molecule has 0 unspecified atom stereocenters. The summed E-state index contributed by atoms with van der Waals surface area (Å²) in [5.74, 6) is 0. The molecule has 0 spiro atoms. The molecule has 0 bridgehead atoms. The van der Waals surface area contributed by atoms with Crippen LogP contribution in [0.5, 0.6) is 0 Å². The lowest BCUT2D eigenvalue weighted by Gasteiger charge is -1.87. The Bertz CT molecular complexity index is 395. The van der Waals surface area contributed by atoms with Crippen molar-refractivity contribution in [2.75, 3.05) is 0 Å². The predicted molar refractivity (Wildman–Crippen MR) is 53.9 cm³/mol. The van der Waals surface area contributed by atoms with E-state index in [2.05, 4.69) is 58.8 Å². The van der Waals surface area contributed by atoms with Crippen molar-refractivity contribution in [1.82, 2.24) is 0 Å². The van der Waals surface area contributed by atoms with Crippen LogP contribution in [0.25, 0.3) is 6.08 Å². The van der Waals surface area contributed by atoms with Crippen LogP contribution >= 0.6 is 22.6 Å². The summed E-state index contributed by atoms with van der Waals surface area (Å²) in [6.45, 7) is 2.10. The fraction of sp³-hybridized carbons (Fsp3) is 0.222. The molecule has 1 aromatic carbocycles. The fourth-order valence-electron chi connectivity index (χ4n) is 1.29. The van der Waals surface area contributed by atoms with Gasteiger partial charge in [0.1, 0.15) is 0 Å². The Morgan fingerprint density at radius 1 is 1.45 bits per heavy atom. The second-order valence-electron chi connectivity index (χ2n) is 2.74. The Hall–Kier alpha value is -0.380. The van der Waals surface area contributed by atoms with E-state index in [4.69, 9.17) is 0 Å². The number of hydrogen-bond donors (Lipinski definition) is 0. The lowest BCUT2D eigenvalue weighted by molar-refractivity contribution is 0.955. The monoisotopic (exact) mass is 257 g/mol. The van der Waals surface area contributed by atoms with Crippen molar-refractivity contribution in [2.45, 2.75) is 13.0 Å². The SMILES string of the molecule is C[C@@H]1C=c2ccc(I)cc2=N1. The van der Waals surface area contributed by atoms with Gasteiger partial charge in [0.2, 0.25) is 0 Å². The Morgan fingerprint density at radius 2 is 2.27 bits per heavy atom. The first kappa shape index (κ1) is 7.28. The van der Waals surface area contributed by atoms with Gasteiger partial charge < -0.3 is 0 Å². The molecule has 1 aromatic rings. The summed E-state index contributed by atoms with van der Waals surface area (Å²) in [5.41, 5.74) is 0. The largest absolute Gasteiger partial charge is 0.278 e. The minimum absolute atomic E-state index is 0.364. The molecule has 2 heteroatoms. The number of fused-ring (bicyclic) bond motifs is 1. The Labute approximate surface area is 79.0 Å². The molecule has 0 fully saturated rings. The third kappa shape index (κ3) is 1.31. The predicted octanol–water partition coefficient (Wildman–Crippen LogP) is 1.09. The maximum absolute atomic E-state index is 4.45. The zero-order chi connectivity index (χ0) is 7.84. The Balaban J connectivity index is 2.78. The highest BCUT2D eigenvalue weighted by Crippen LogP contribution is 1.99. The summed E-state index contributed by atoms with van der Waals surface area (Å²) in [6, 6.07) is 6.73. The molecule has 0 saturated carbocycles. The van der Waals surface area contributed by atoms with E-state index in [-0.39, 0.29) is 0 Å². The van der Waals surface area contributed by atoms with Crippen molar-refractivity contribution < 1.29 is 0 Å². The molecule has 0 saturated heterocycles. The van der Waals surface area contributed by atoms with Gasteiger partial charge in [-0.25, -0.2) is 0 Å². The van der Waals surface area contributed by atoms with E-state index >= 15 is 0 Å². The van der Waals surface area contributed by atoms with Crippen molar-refractivity contribution in [3.05, 3.63) is 32.3 Å². The molecule has 1 atom stereocenters. The highest BCUT2D eigenvalue weighted by atomic mass is 127. The second kappa shape index (κ2) is 2.59. The minimum Gasteiger partial charge on any atom is -0.278 e. The molecule has 0 N–H and O–H groups in total. The molecule has 1 aliphatic rings. The smallest absolute Gasteiger partial charge is 0.0668 e. The lowest BCUT2D eigenvalue weighted by atomic mass is 10.2. The third-order valence-electron chi connectivity index (χ3n) is 1.76. The van der Waals surface area contributed by atoms with Gasteiger partial charge >= 0.3 is 0 Å². The molecule has 1 heterocycles. The van der Waals surface area contributed by atoms with Crippen LogP contribution in [0.4, 0.5) is 0 Å². The summed E-state index contributed by atoms with van der Waals surface area (Å²) >= 11 is 2.31. The molecule has 11 heavy (non-hydrogen) atoms. The molecular weight excluding hydrogens is 249 g/mol. The summed E-state index contributed by atoms with van der Waals surface area (Å²) in [5, 5.41) is 2.42. The van der Waals surface area contributed by atoms with Crippen LogP contribution in [0.15, 0.2) is 23.2 Å². The topological polar surface area (TPSA) is 12.4 Å². The zero-order valence-electron chi connectivity index (χ0n) is 6.21. The minimum atomic E-state index is 0.364. The molecule has 1 nitrogen and oxygen atoms in total. The molecule has 0 aliphatic carbocycles. The van der Waals surface area contributed by atoms with E-state index in [0.717, 1.165) is 5.36 Å². The van der Waals surface area contributed by atoms with Gasteiger partial charge in [-0.2, -0.15) is 0 Å². The van der Waals surface area contributed by atoms with E-state index in [1.54, 1.807) is 0 Å². The average molecular weight is 257 g/mol. The standard InChI is InChI=1S/C9H8IN/c1-6-4-7-2-3-8(10)5-9(7)11-6/h2-6H,1H3/t6-/m1/s1. The van der Waals surface area contributed by atoms with Crippen LogP contribution in [0.2, 0.25) is 0 Å². The summed E-state index contributed by atoms with van der Waals surface area (Å²) in [4.78, 5) is 4.45. The molecule has 0 radical (unpaired) electrons. The molecule has 56 valence electrons. The van der Waals surface area contributed by atoms with Gasteiger partial charge in [-0.15, -0.1) is 0 Å². The first-order chi connectivity index (χ1) is 5.25. The van der Waals surface area contributed by atoms with E-state index in [1.165, 1.54) is 8.79 Å². The first-order valence-corrected chi connectivity index (χ1v) is 4.69. The average Bonchev–Trinajstić information content (AvgIpc) is 2.27. The fourth-order valence-corrected chi connectivity index (χ4v) is 1.76. The quantitative estimate of drug-likeness (QED) is 0.617. The van der Waals surface area contributed by atoms with Crippen LogP contribution in [0.1, 0.15) is 6.92 Å². The van der Waals surface area contributed by atoms with Gasteiger partial charge in [0.15, 0.2) is 0 Å². The number of rotatable bonds is 0. The van der Waals surface area contributed by atoms with Crippen molar-refractivity contribution in [1.29, 1.82) is 0 Å². The highest BCUT2D eigenvalue weighted by Gasteiger charge is 2.01. The van der Waals surface area contributed by atoms with Gasteiger partial charge in [-0.3, -0.25) is 4.99 Å². The second-order valence-corrected chi connectivity index (χ2v) is 3.99. The van der Waals surface area contributed by atoms with Gasteiger partial charge in [0, 0.05) is 3.57 Å². The van der Waals surface area contributed by atoms with Gasteiger partial charge in [-0.05, 0) is 46.9 Å². The molecule has 0 aromatic heterocycles. The van der Waals surface area contributed by atoms with Crippen molar-refractivity contribution in [3.63, 3.8) is 0 Å². The van der Waals surface area contributed by atoms with Crippen LogP contribution in [-0.2, 0) is 0 Å². The van der Waals surface area contributed by atoms with Crippen LogP contribution < -0.4 is 10.6 Å². The molecule has 1 aliphatic heterocycles. The summed E-state index contributed by atoms with van der Waals surface area (Å²) < 4.78 is 1.26. The van der Waals surface area contributed by atoms with Gasteiger partial charge in [-0.1, -0.05) is 12.1 Å². The Kier molecular flexibility index (Phi) is 1.71. The maximum atomic E-state index is 4.45. The Morgan fingerprint density at radius 3 is 3.09 bits per heavy atom. The first-order valence-electron chi connectivity index (χ1n) is 3.61. The third-order valence-corrected chi connectivity index (χ3v) is 2.43. The normalized spacial score (nSPS) is 20.4. The van der Waals surface area contributed by atoms with E-state index in [0.29, 0.717) is 6.04 Å². The van der Waals surface area contributed by atoms with Gasteiger partial charge in [0.05, 0.1) is 11.4 Å². The highest BCUT2D eigenvalue weighted by molar-refractivity contribution is 14.1. The molecule has 2 rings (SSSR count). The number of benzene rings is 1. The summed E-state index contributed by atoms with van der Waals surface area (Å²) in [6.07, 6.45) is 2.19. The molecule has 0 amide bonds. The molecular formula is C9H8IN. The van der Waals surface area contributed by atoms with Crippen molar-refractivity contribution in [2.24, 2.45) is 4.99 Å².